The maximum Gasteiger partial charge on any atom is 0.291 e. The number of nitrogens with zero attached hydrogens (tertiary/aromatic N) is 4. The second-order valence-electron chi connectivity index (χ2n) is 6.29. The van der Waals surface area contributed by atoms with Crippen molar-refractivity contribution < 1.29 is 17.6 Å². The summed E-state index contributed by atoms with van der Waals surface area (Å²) in [6.45, 7) is 0.401. The van der Waals surface area contributed by atoms with Gasteiger partial charge in [-0.1, -0.05) is 11.6 Å². The molecule has 0 spiro atoms. The number of amides is 1. The van der Waals surface area contributed by atoms with E-state index in [4.69, 9.17) is 16.0 Å². The van der Waals surface area contributed by atoms with E-state index in [-0.39, 0.29) is 21.6 Å². The summed E-state index contributed by atoms with van der Waals surface area (Å²) in [6, 6.07) is 13.5. The molecule has 3 heterocycles. The van der Waals surface area contributed by atoms with Crippen molar-refractivity contribution in [1.29, 1.82) is 0 Å². The fourth-order valence-electron chi connectivity index (χ4n) is 2.62. The molecular formula is C19H15ClN6O4S. The highest BCUT2D eigenvalue weighted by molar-refractivity contribution is 7.92. The molecule has 0 fully saturated rings. The van der Waals surface area contributed by atoms with Crippen molar-refractivity contribution >= 4 is 39.0 Å². The maximum absolute atomic E-state index is 12.5. The smallest absolute Gasteiger partial charge is 0.291 e. The van der Waals surface area contributed by atoms with Crippen molar-refractivity contribution in [2.75, 3.05) is 10.0 Å². The number of furan rings is 1. The lowest BCUT2D eigenvalue weighted by molar-refractivity contribution is 0.0994. The predicted octanol–water partition coefficient (Wildman–Crippen LogP) is 3.02. The summed E-state index contributed by atoms with van der Waals surface area (Å²) in [6.07, 6.45) is 3.44. The molecule has 0 aliphatic rings. The molecule has 0 bridgehead atoms. The minimum Gasteiger partial charge on any atom is -0.454 e. The third-order valence-electron chi connectivity index (χ3n) is 4.06. The monoisotopic (exact) mass is 458 g/mol. The van der Waals surface area contributed by atoms with E-state index in [0.717, 1.165) is 0 Å². The standard InChI is InChI=1S/C19H15ClN6O4S/c20-17-8-9-18(24-23-17)25-31(28,29)15-5-2-13(3-6-15)22-19(27)16-7-4-14(30-16)12-26-11-1-10-21-26/h1-11H,12H2,(H,22,27)(H,24,25). The van der Waals surface area contributed by atoms with Crippen LogP contribution < -0.4 is 10.0 Å². The number of rotatable bonds is 7. The van der Waals surface area contributed by atoms with Crippen LogP contribution in [-0.2, 0) is 16.6 Å². The number of hydrogen-bond donors (Lipinski definition) is 2. The summed E-state index contributed by atoms with van der Waals surface area (Å²) < 4.78 is 34.4. The molecule has 0 aliphatic heterocycles. The lowest BCUT2D eigenvalue weighted by atomic mass is 10.3. The van der Waals surface area contributed by atoms with Gasteiger partial charge in [0.15, 0.2) is 16.7 Å². The number of hydrogen-bond acceptors (Lipinski definition) is 7. The molecule has 1 aromatic carbocycles. The van der Waals surface area contributed by atoms with Gasteiger partial charge in [0.05, 0.1) is 11.4 Å². The first-order valence-corrected chi connectivity index (χ1v) is 10.7. The Kier molecular flexibility index (Phi) is 5.69. The first kappa shape index (κ1) is 20.6. The van der Waals surface area contributed by atoms with E-state index < -0.39 is 15.9 Å². The number of nitrogens with one attached hydrogen (secondary N) is 2. The Labute approximate surface area is 181 Å². The number of carbonyl (C=O) groups is 1. The highest BCUT2D eigenvalue weighted by Gasteiger charge is 2.16. The van der Waals surface area contributed by atoms with Gasteiger partial charge in [-0.05, 0) is 54.6 Å². The van der Waals surface area contributed by atoms with E-state index in [0.29, 0.717) is 18.0 Å². The number of benzene rings is 1. The Bertz CT molecular complexity index is 1290. The maximum atomic E-state index is 12.5. The third-order valence-corrected chi connectivity index (χ3v) is 5.63. The van der Waals surface area contributed by atoms with Gasteiger partial charge in [0.25, 0.3) is 15.9 Å². The largest absolute Gasteiger partial charge is 0.454 e. The van der Waals surface area contributed by atoms with Crippen LogP contribution in [0.4, 0.5) is 11.5 Å². The number of carbonyl (C=O) groups excluding carboxylic acids is 1. The summed E-state index contributed by atoms with van der Waals surface area (Å²) in [7, 11) is -3.88. The lowest BCUT2D eigenvalue weighted by Gasteiger charge is -2.08. The van der Waals surface area contributed by atoms with Crippen LogP contribution in [0.2, 0.25) is 5.15 Å². The SMILES string of the molecule is O=C(Nc1ccc(S(=O)(=O)Nc2ccc(Cl)nn2)cc1)c1ccc(Cn2cccn2)o1. The Hall–Kier alpha value is -3.70. The van der Waals surface area contributed by atoms with Crippen LogP contribution in [0.5, 0.6) is 0 Å². The second kappa shape index (κ2) is 8.58. The van der Waals surface area contributed by atoms with Crippen LogP contribution in [0.15, 0.2) is 76.3 Å². The molecule has 0 aliphatic carbocycles. The summed E-state index contributed by atoms with van der Waals surface area (Å²) in [4.78, 5) is 12.4. The summed E-state index contributed by atoms with van der Waals surface area (Å²) in [5.41, 5.74) is 0.403. The molecular weight excluding hydrogens is 444 g/mol. The first-order chi connectivity index (χ1) is 14.9. The van der Waals surface area contributed by atoms with Crippen LogP contribution in [0.3, 0.4) is 0 Å². The van der Waals surface area contributed by atoms with Crippen molar-refractivity contribution in [3.8, 4) is 0 Å². The summed E-state index contributed by atoms with van der Waals surface area (Å²) in [5, 5.41) is 14.1. The average Bonchev–Trinajstić information content (AvgIpc) is 3.43. The Morgan fingerprint density at radius 1 is 1.06 bits per heavy atom. The van der Waals surface area contributed by atoms with Crippen LogP contribution in [0.25, 0.3) is 0 Å². The fourth-order valence-corrected chi connectivity index (χ4v) is 3.71. The Morgan fingerprint density at radius 2 is 1.87 bits per heavy atom. The fraction of sp³-hybridized carbons (Fsp3) is 0.0526. The molecule has 31 heavy (non-hydrogen) atoms. The zero-order chi connectivity index (χ0) is 21.8. The van der Waals surface area contributed by atoms with E-state index in [1.807, 2.05) is 0 Å². The number of halogens is 1. The first-order valence-electron chi connectivity index (χ1n) is 8.89. The predicted molar refractivity (Wildman–Crippen MR) is 112 cm³/mol. The van der Waals surface area contributed by atoms with Gasteiger partial charge in [-0.15, -0.1) is 10.2 Å². The van der Waals surface area contributed by atoms with Gasteiger partial charge in [-0.25, -0.2) is 8.42 Å². The minimum atomic E-state index is -3.88. The normalized spacial score (nSPS) is 11.3. The number of sulfonamides is 1. The van der Waals surface area contributed by atoms with E-state index in [9.17, 15) is 13.2 Å². The number of anilines is 2. The van der Waals surface area contributed by atoms with Gasteiger partial charge in [0, 0.05) is 18.1 Å². The van der Waals surface area contributed by atoms with Gasteiger partial charge < -0.3 is 9.73 Å². The number of aromatic nitrogens is 4. The molecule has 0 saturated heterocycles. The lowest BCUT2D eigenvalue weighted by Crippen LogP contribution is -2.15. The van der Waals surface area contributed by atoms with Crippen molar-refractivity contribution in [2.45, 2.75) is 11.4 Å². The Morgan fingerprint density at radius 3 is 2.55 bits per heavy atom. The zero-order valence-electron chi connectivity index (χ0n) is 15.8. The molecule has 10 nitrogen and oxygen atoms in total. The summed E-state index contributed by atoms with van der Waals surface area (Å²) in [5.74, 6) is 0.274. The molecule has 2 N–H and O–H groups in total. The topological polar surface area (TPSA) is 132 Å². The molecule has 0 radical (unpaired) electrons. The molecule has 0 saturated carbocycles. The van der Waals surface area contributed by atoms with Crippen molar-refractivity contribution in [3.63, 3.8) is 0 Å². The molecule has 0 unspecified atom stereocenters. The molecule has 4 rings (SSSR count). The van der Waals surface area contributed by atoms with E-state index in [1.54, 1.807) is 35.3 Å². The van der Waals surface area contributed by atoms with Crippen LogP contribution in [0.1, 0.15) is 16.3 Å². The van der Waals surface area contributed by atoms with Gasteiger partial charge in [-0.2, -0.15) is 5.10 Å². The average molecular weight is 459 g/mol. The molecule has 1 amide bonds. The highest BCUT2D eigenvalue weighted by atomic mass is 35.5. The van der Waals surface area contributed by atoms with Gasteiger partial charge in [-0.3, -0.25) is 14.2 Å². The van der Waals surface area contributed by atoms with Gasteiger partial charge in [0.1, 0.15) is 5.76 Å². The summed E-state index contributed by atoms with van der Waals surface area (Å²) >= 11 is 5.64. The molecule has 4 aromatic rings. The van der Waals surface area contributed by atoms with E-state index in [1.165, 1.54) is 36.4 Å². The Balaban J connectivity index is 1.40. The minimum absolute atomic E-state index is 0.0123. The van der Waals surface area contributed by atoms with E-state index >= 15 is 0 Å². The quantitative estimate of drug-likeness (QED) is 0.435. The third kappa shape index (κ3) is 5.08. The highest BCUT2D eigenvalue weighted by Crippen LogP contribution is 2.19. The van der Waals surface area contributed by atoms with Crippen LogP contribution >= 0.6 is 11.6 Å². The van der Waals surface area contributed by atoms with Gasteiger partial charge in [0.2, 0.25) is 0 Å². The van der Waals surface area contributed by atoms with Crippen molar-refractivity contribution in [2.24, 2.45) is 0 Å². The molecule has 12 heteroatoms. The second-order valence-corrected chi connectivity index (χ2v) is 8.36. The zero-order valence-corrected chi connectivity index (χ0v) is 17.3. The van der Waals surface area contributed by atoms with Crippen LogP contribution in [0, 0.1) is 0 Å². The molecule has 0 atom stereocenters. The van der Waals surface area contributed by atoms with Crippen molar-refractivity contribution in [3.05, 3.63) is 83.7 Å². The van der Waals surface area contributed by atoms with Crippen molar-refractivity contribution in [1.82, 2.24) is 20.0 Å². The van der Waals surface area contributed by atoms with Crippen LogP contribution in [-0.4, -0.2) is 34.3 Å². The van der Waals surface area contributed by atoms with E-state index in [2.05, 4.69) is 25.3 Å². The molecule has 158 valence electrons. The van der Waals surface area contributed by atoms with Gasteiger partial charge >= 0.3 is 0 Å². The molecule has 3 aromatic heterocycles.